The smallest absolute Gasteiger partial charge is 0.239 e. The lowest BCUT2D eigenvalue weighted by Crippen LogP contribution is -2.43. The number of aryl methyl sites for hydroxylation is 2. The van der Waals surface area contributed by atoms with Crippen LogP contribution in [0.4, 0.5) is 5.82 Å². The molecule has 1 aliphatic carbocycles. The van der Waals surface area contributed by atoms with Crippen molar-refractivity contribution in [3.63, 3.8) is 0 Å². The molecular formula is C23H27N5O3S2. The van der Waals surface area contributed by atoms with Crippen LogP contribution in [-0.2, 0) is 27.5 Å². The minimum atomic E-state index is -3.05. The number of sulfone groups is 1. The number of amides is 1. The number of thiophene rings is 1. The van der Waals surface area contributed by atoms with Crippen LogP contribution in [0, 0.1) is 0 Å². The molecule has 3 aromatic heterocycles. The number of fused-ring (bicyclic) bond motifs is 3. The fourth-order valence-electron chi connectivity index (χ4n) is 4.68. The Balaban J connectivity index is 1.51. The van der Waals surface area contributed by atoms with Crippen molar-refractivity contribution in [2.45, 2.75) is 45.1 Å². The fraction of sp³-hybridized carbons (Fsp3) is 0.478. The van der Waals surface area contributed by atoms with Crippen LogP contribution in [0.25, 0.3) is 21.6 Å². The van der Waals surface area contributed by atoms with Gasteiger partial charge >= 0.3 is 0 Å². The molecule has 10 heteroatoms. The zero-order valence-electron chi connectivity index (χ0n) is 18.6. The highest BCUT2D eigenvalue weighted by Crippen LogP contribution is 2.40. The molecule has 0 aromatic carbocycles. The Labute approximate surface area is 197 Å². The maximum atomic E-state index is 12.9. The Kier molecular flexibility index (Phi) is 6.05. The Hall–Kier alpha value is -2.59. The molecule has 4 heterocycles. The summed E-state index contributed by atoms with van der Waals surface area (Å²) < 4.78 is 23.5. The molecule has 1 fully saturated rings. The number of aromatic nitrogens is 3. The predicted molar refractivity (Wildman–Crippen MR) is 130 cm³/mol. The van der Waals surface area contributed by atoms with Crippen LogP contribution >= 0.6 is 11.3 Å². The summed E-state index contributed by atoms with van der Waals surface area (Å²) in [5.74, 6) is 1.35. The third kappa shape index (κ3) is 4.59. The summed E-state index contributed by atoms with van der Waals surface area (Å²) in [6, 6.07) is 3.49. The van der Waals surface area contributed by atoms with E-state index in [0.717, 1.165) is 40.9 Å². The zero-order valence-corrected chi connectivity index (χ0v) is 20.2. The molecule has 0 spiro atoms. The Bertz CT molecular complexity index is 1290. The van der Waals surface area contributed by atoms with Crippen LogP contribution in [0.1, 0.15) is 36.6 Å². The summed E-state index contributed by atoms with van der Waals surface area (Å²) in [5.41, 5.74) is 2.15. The van der Waals surface area contributed by atoms with Crippen LogP contribution in [0.3, 0.4) is 0 Å². The van der Waals surface area contributed by atoms with Crippen molar-refractivity contribution < 1.29 is 13.2 Å². The van der Waals surface area contributed by atoms with E-state index in [-0.39, 0.29) is 30.0 Å². The molecule has 1 N–H and O–H groups in total. The molecule has 1 amide bonds. The third-order valence-electron chi connectivity index (χ3n) is 6.33. The fourth-order valence-corrected chi connectivity index (χ4v) is 7.61. The zero-order chi connectivity index (χ0) is 23.0. The van der Waals surface area contributed by atoms with Crippen LogP contribution < -0.4 is 10.2 Å². The molecule has 0 bridgehead atoms. The average Bonchev–Trinajstić information content (AvgIpc) is 3.36. The molecule has 2 aliphatic rings. The minimum absolute atomic E-state index is 0.0197. The molecule has 0 radical (unpaired) electrons. The molecule has 0 unspecified atom stereocenters. The van der Waals surface area contributed by atoms with E-state index in [4.69, 9.17) is 9.97 Å². The van der Waals surface area contributed by atoms with E-state index < -0.39 is 9.84 Å². The number of hydrogen-bond acceptors (Lipinski definition) is 8. The van der Waals surface area contributed by atoms with Gasteiger partial charge in [0.1, 0.15) is 10.6 Å². The normalized spacial score (nSPS) is 19.4. The van der Waals surface area contributed by atoms with Crippen molar-refractivity contribution in [3.8, 4) is 11.4 Å². The lowest BCUT2D eigenvalue weighted by Gasteiger charge is -2.24. The van der Waals surface area contributed by atoms with Crippen LogP contribution in [-0.4, -0.2) is 59.9 Å². The van der Waals surface area contributed by atoms with Gasteiger partial charge in [0.05, 0.1) is 23.4 Å². The quantitative estimate of drug-likeness (QED) is 0.572. The standard InChI is InChI=1S/C23H27N5O3S2/c1-2-28(13-19(29)25-16-9-11-33(30,31)14-16)22-20-17-7-3-4-8-18(17)32-23(20)27-21(26-22)15-6-5-10-24-12-15/h5-6,10,12,16H,2-4,7-9,11,13-14H2,1H3,(H,25,29)/t16-/m1/s1. The number of carbonyl (C=O) groups excluding carboxylic acids is 1. The number of anilines is 1. The average molecular weight is 486 g/mol. The summed E-state index contributed by atoms with van der Waals surface area (Å²) >= 11 is 1.73. The third-order valence-corrected chi connectivity index (χ3v) is 9.28. The van der Waals surface area contributed by atoms with Crippen molar-refractivity contribution in [2.24, 2.45) is 0 Å². The lowest BCUT2D eigenvalue weighted by molar-refractivity contribution is -0.120. The van der Waals surface area contributed by atoms with E-state index in [2.05, 4.69) is 10.3 Å². The molecule has 174 valence electrons. The highest BCUT2D eigenvalue weighted by Gasteiger charge is 2.30. The number of carbonyl (C=O) groups is 1. The van der Waals surface area contributed by atoms with E-state index >= 15 is 0 Å². The minimum Gasteiger partial charge on any atom is -0.351 e. The number of hydrogen-bond donors (Lipinski definition) is 1. The summed E-state index contributed by atoms with van der Waals surface area (Å²) in [6.07, 6.45) is 8.33. The SMILES string of the molecule is CCN(CC(=O)N[C@@H]1CCS(=O)(=O)C1)c1nc(-c2cccnc2)nc2sc3c(c12)CCCC3. The van der Waals surface area contributed by atoms with Gasteiger partial charge in [0.2, 0.25) is 5.91 Å². The van der Waals surface area contributed by atoms with Crippen molar-refractivity contribution in [2.75, 3.05) is 29.5 Å². The Morgan fingerprint density at radius 1 is 1.27 bits per heavy atom. The molecule has 3 aromatic rings. The van der Waals surface area contributed by atoms with E-state index in [0.29, 0.717) is 18.8 Å². The summed E-state index contributed by atoms with van der Waals surface area (Å²) in [4.78, 5) is 31.2. The second-order valence-corrected chi connectivity index (χ2v) is 12.0. The van der Waals surface area contributed by atoms with Gasteiger partial charge in [-0.25, -0.2) is 18.4 Å². The molecule has 33 heavy (non-hydrogen) atoms. The van der Waals surface area contributed by atoms with Gasteiger partial charge in [0, 0.05) is 35.4 Å². The van der Waals surface area contributed by atoms with Crippen molar-refractivity contribution in [3.05, 3.63) is 35.0 Å². The van der Waals surface area contributed by atoms with Gasteiger partial charge in [-0.15, -0.1) is 11.3 Å². The first kappa shape index (κ1) is 22.2. The van der Waals surface area contributed by atoms with E-state index in [1.165, 1.54) is 16.9 Å². The van der Waals surface area contributed by atoms with Crippen LogP contribution in [0.2, 0.25) is 0 Å². The Morgan fingerprint density at radius 3 is 2.85 bits per heavy atom. The van der Waals surface area contributed by atoms with Gasteiger partial charge in [-0.2, -0.15) is 0 Å². The monoisotopic (exact) mass is 485 g/mol. The van der Waals surface area contributed by atoms with Crippen LogP contribution in [0.15, 0.2) is 24.5 Å². The summed E-state index contributed by atoms with van der Waals surface area (Å²) in [7, 11) is -3.05. The van der Waals surface area contributed by atoms with E-state index in [9.17, 15) is 13.2 Å². The van der Waals surface area contributed by atoms with Crippen molar-refractivity contribution in [1.82, 2.24) is 20.3 Å². The highest BCUT2D eigenvalue weighted by atomic mass is 32.2. The largest absolute Gasteiger partial charge is 0.351 e. The van der Waals surface area contributed by atoms with Gasteiger partial charge in [-0.05, 0) is 56.7 Å². The Morgan fingerprint density at radius 2 is 2.12 bits per heavy atom. The van der Waals surface area contributed by atoms with Gasteiger partial charge in [-0.1, -0.05) is 0 Å². The molecule has 1 aliphatic heterocycles. The summed E-state index contributed by atoms with van der Waals surface area (Å²) in [6.45, 7) is 2.72. The van der Waals surface area contributed by atoms with Gasteiger partial charge in [-0.3, -0.25) is 9.78 Å². The van der Waals surface area contributed by atoms with Gasteiger partial charge < -0.3 is 10.2 Å². The molecule has 1 atom stereocenters. The first-order chi connectivity index (χ1) is 15.9. The lowest BCUT2D eigenvalue weighted by atomic mass is 9.97. The van der Waals surface area contributed by atoms with Crippen molar-refractivity contribution >= 4 is 43.1 Å². The first-order valence-electron chi connectivity index (χ1n) is 11.4. The predicted octanol–water partition coefficient (Wildman–Crippen LogP) is 2.76. The van der Waals surface area contributed by atoms with E-state index in [1.54, 1.807) is 23.7 Å². The number of rotatable bonds is 6. The molecule has 5 rings (SSSR count). The van der Waals surface area contributed by atoms with Crippen molar-refractivity contribution in [1.29, 1.82) is 0 Å². The molecule has 8 nitrogen and oxygen atoms in total. The van der Waals surface area contributed by atoms with Crippen LogP contribution in [0.5, 0.6) is 0 Å². The van der Waals surface area contributed by atoms with Gasteiger partial charge in [0.15, 0.2) is 15.7 Å². The maximum Gasteiger partial charge on any atom is 0.239 e. The second kappa shape index (κ2) is 8.98. The maximum absolute atomic E-state index is 12.9. The first-order valence-corrected chi connectivity index (χ1v) is 14.0. The molecule has 0 saturated carbocycles. The number of nitrogens with zero attached hydrogens (tertiary/aromatic N) is 4. The van der Waals surface area contributed by atoms with Gasteiger partial charge in [0.25, 0.3) is 0 Å². The highest BCUT2D eigenvalue weighted by molar-refractivity contribution is 7.91. The number of likely N-dealkylation sites (N-methyl/N-ethyl adjacent to an activating group) is 1. The number of nitrogens with one attached hydrogen (secondary N) is 1. The topological polar surface area (TPSA) is 105 Å². The second-order valence-electron chi connectivity index (χ2n) is 8.69. The molecular weight excluding hydrogens is 458 g/mol. The summed E-state index contributed by atoms with van der Waals surface area (Å²) in [5, 5.41) is 3.96. The number of pyridine rings is 1. The van der Waals surface area contributed by atoms with E-state index in [1.807, 2.05) is 24.0 Å². The molecule has 1 saturated heterocycles.